The van der Waals surface area contributed by atoms with Gasteiger partial charge in [0.1, 0.15) is 36.6 Å². The Morgan fingerprint density at radius 3 is 2.09 bits per heavy atom. The summed E-state index contributed by atoms with van der Waals surface area (Å²) in [4.78, 5) is 40.2. The van der Waals surface area contributed by atoms with Crippen molar-refractivity contribution >= 4 is 29.0 Å². The van der Waals surface area contributed by atoms with Crippen molar-refractivity contribution in [3.63, 3.8) is 0 Å². The lowest BCUT2D eigenvalue weighted by Gasteiger charge is -2.46. The standard InChI is InChI=1S/C30H32ClN3O12/c1-16(35)42-22-20(33-34-32)28-41-15-19(43-28)21(22)44-29-26(40-14-18-11-7-4-8-12-18)23(39-13-17-9-5-3-6-10-17)24(46-30(31)37)25(45-29)27(36)38-2/h3-12,19-26,28-29H,13-15H2,1-2H3. The number of halogens is 1. The molecule has 3 aliphatic rings. The number of carbonyl (C=O) groups is 3. The summed E-state index contributed by atoms with van der Waals surface area (Å²) in [6, 6.07) is 17.2. The van der Waals surface area contributed by atoms with Crippen LogP contribution in [-0.2, 0) is 65.4 Å². The van der Waals surface area contributed by atoms with Gasteiger partial charge in [-0.3, -0.25) is 4.79 Å². The predicted molar refractivity (Wildman–Crippen MR) is 155 cm³/mol. The lowest BCUT2D eigenvalue weighted by atomic mass is 9.96. The molecule has 3 fully saturated rings. The van der Waals surface area contributed by atoms with Crippen molar-refractivity contribution in [3.05, 3.63) is 82.2 Å². The van der Waals surface area contributed by atoms with Gasteiger partial charge < -0.3 is 42.6 Å². The third kappa shape index (κ3) is 7.94. The summed E-state index contributed by atoms with van der Waals surface area (Å²) in [6.07, 6.45) is -11.0. The molecule has 16 heteroatoms. The highest BCUT2D eigenvalue weighted by Gasteiger charge is 2.58. The van der Waals surface area contributed by atoms with Crippen molar-refractivity contribution in [1.29, 1.82) is 0 Å². The zero-order valence-corrected chi connectivity index (χ0v) is 25.5. The van der Waals surface area contributed by atoms with Crippen molar-refractivity contribution < 1.29 is 57.0 Å². The van der Waals surface area contributed by atoms with Gasteiger partial charge in [0.15, 0.2) is 24.8 Å². The first-order chi connectivity index (χ1) is 22.3. The summed E-state index contributed by atoms with van der Waals surface area (Å²) >= 11 is 5.66. The highest BCUT2D eigenvalue weighted by Crippen LogP contribution is 2.38. The fraction of sp³-hybridized carbons (Fsp3) is 0.500. The maximum absolute atomic E-state index is 13.1. The van der Waals surface area contributed by atoms with Gasteiger partial charge in [-0.1, -0.05) is 65.8 Å². The Balaban J connectivity index is 1.53. The number of hydrogen-bond acceptors (Lipinski definition) is 13. The van der Waals surface area contributed by atoms with Crippen LogP contribution in [0, 0.1) is 0 Å². The molecular formula is C30H32ClN3O12. The molecule has 3 heterocycles. The molecule has 0 aliphatic carbocycles. The van der Waals surface area contributed by atoms with Gasteiger partial charge in [-0.2, -0.15) is 0 Å². The molecule has 2 bridgehead atoms. The van der Waals surface area contributed by atoms with Gasteiger partial charge in [-0.25, -0.2) is 9.59 Å². The zero-order valence-electron chi connectivity index (χ0n) is 24.8. The van der Waals surface area contributed by atoms with Gasteiger partial charge in [0.25, 0.3) is 0 Å². The molecule has 15 nitrogen and oxygen atoms in total. The van der Waals surface area contributed by atoms with E-state index in [1.54, 1.807) is 0 Å². The normalized spacial score (nSPS) is 31.7. The Kier molecular flexibility index (Phi) is 11.4. The first-order valence-corrected chi connectivity index (χ1v) is 14.7. The Labute approximate surface area is 268 Å². The predicted octanol–water partition coefficient (Wildman–Crippen LogP) is 3.55. The third-order valence-corrected chi connectivity index (χ3v) is 7.63. The fourth-order valence-corrected chi connectivity index (χ4v) is 5.64. The van der Waals surface area contributed by atoms with Gasteiger partial charge in [-0.15, -0.1) is 0 Å². The largest absolute Gasteiger partial charge is 0.467 e. The average Bonchev–Trinajstić information content (AvgIpc) is 3.49. The molecule has 0 radical (unpaired) electrons. The summed E-state index contributed by atoms with van der Waals surface area (Å²) < 4.78 is 52.7. The molecule has 5 rings (SSSR count). The number of benzene rings is 2. The van der Waals surface area contributed by atoms with Crippen LogP contribution >= 0.6 is 11.6 Å². The summed E-state index contributed by atoms with van der Waals surface area (Å²) in [6.45, 7) is 1.23. The molecule has 0 saturated carbocycles. The Morgan fingerprint density at radius 1 is 0.891 bits per heavy atom. The van der Waals surface area contributed by atoms with E-state index >= 15 is 0 Å². The first kappa shape index (κ1) is 33.6. The summed E-state index contributed by atoms with van der Waals surface area (Å²) in [5, 5.41) is 3.74. The number of carbonyl (C=O) groups excluding carboxylic acids is 3. The molecule has 3 saturated heterocycles. The van der Waals surface area contributed by atoms with Gasteiger partial charge in [0.05, 0.1) is 26.9 Å². The van der Waals surface area contributed by atoms with Crippen LogP contribution in [0.5, 0.6) is 0 Å². The van der Waals surface area contributed by atoms with Crippen molar-refractivity contribution in [1.82, 2.24) is 0 Å². The summed E-state index contributed by atoms with van der Waals surface area (Å²) in [5.41, 5.74) is 9.56. The quantitative estimate of drug-likeness (QED) is 0.0806. The maximum atomic E-state index is 13.1. The van der Waals surface area contributed by atoms with Crippen LogP contribution in [0.15, 0.2) is 65.8 Å². The second-order valence-corrected chi connectivity index (χ2v) is 10.8. The minimum Gasteiger partial charge on any atom is -0.467 e. The highest BCUT2D eigenvalue weighted by atomic mass is 35.5. The smallest absolute Gasteiger partial charge is 0.404 e. The van der Waals surface area contributed by atoms with Crippen molar-refractivity contribution in [2.24, 2.45) is 5.11 Å². The van der Waals surface area contributed by atoms with Gasteiger partial charge >= 0.3 is 17.4 Å². The number of nitrogens with zero attached hydrogens (tertiary/aromatic N) is 3. The monoisotopic (exact) mass is 661 g/mol. The van der Waals surface area contributed by atoms with Crippen molar-refractivity contribution in [2.45, 2.75) is 81.5 Å². The lowest BCUT2D eigenvalue weighted by Crippen LogP contribution is -2.65. The van der Waals surface area contributed by atoms with Gasteiger partial charge in [0.2, 0.25) is 0 Å². The van der Waals surface area contributed by atoms with E-state index in [2.05, 4.69) is 10.0 Å². The lowest BCUT2D eigenvalue weighted by molar-refractivity contribution is -0.337. The SMILES string of the molecule is COC(=O)C1OC(OC2C3COC(O3)C(N=[N+]=[N-])C2OC(C)=O)C(OCc2ccccc2)C(OCc2ccccc2)C1OC(=O)Cl. The van der Waals surface area contributed by atoms with E-state index in [4.69, 9.17) is 54.2 Å². The molecule has 0 N–H and O–H groups in total. The molecule has 0 spiro atoms. The molecule has 246 valence electrons. The van der Waals surface area contributed by atoms with Crippen molar-refractivity contribution in [2.75, 3.05) is 13.7 Å². The van der Waals surface area contributed by atoms with Gasteiger partial charge in [0, 0.05) is 23.4 Å². The third-order valence-electron chi connectivity index (χ3n) is 7.55. The Morgan fingerprint density at radius 2 is 1.52 bits per heavy atom. The molecule has 10 atom stereocenters. The van der Waals surface area contributed by atoms with E-state index in [9.17, 15) is 19.9 Å². The van der Waals surface area contributed by atoms with Crippen molar-refractivity contribution in [3.8, 4) is 0 Å². The first-order valence-electron chi connectivity index (χ1n) is 14.3. The number of esters is 2. The molecule has 10 unspecified atom stereocenters. The van der Waals surface area contributed by atoms with Crippen LogP contribution in [0.1, 0.15) is 18.1 Å². The van der Waals surface area contributed by atoms with E-state index in [0.29, 0.717) is 0 Å². The molecule has 2 aromatic carbocycles. The average molecular weight is 662 g/mol. The number of ether oxygens (including phenoxy) is 9. The number of hydrogen-bond donors (Lipinski definition) is 0. The molecular weight excluding hydrogens is 630 g/mol. The van der Waals surface area contributed by atoms with E-state index < -0.39 is 78.7 Å². The van der Waals surface area contributed by atoms with E-state index in [-0.39, 0.29) is 19.8 Å². The molecule has 0 aromatic heterocycles. The molecule has 3 aliphatic heterocycles. The minimum absolute atomic E-state index is 0.00731. The van der Waals surface area contributed by atoms with Crippen LogP contribution < -0.4 is 0 Å². The number of azide groups is 1. The van der Waals surface area contributed by atoms with E-state index in [1.807, 2.05) is 60.7 Å². The molecule has 2 aromatic rings. The fourth-order valence-electron chi connectivity index (χ4n) is 5.54. The topological polar surface area (TPSA) is 183 Å². The molecule has 0 amide bonds. The van der Waals surface area contributed by atoms with Gasteiger partial charge in [-0.05, 0) is 16.7 Å². The van der Waals surface area contributed by atoms with Crippen LogP contribution in [0.25, 0.3) is 10.4 Å². The van der Waals surface area contributed by atoms with Crippen LogP contribution in [0.2, 0.25) is 0 Å². The summed E-state index contributed by atoms with van der Waals surface area (Å²) in [5.74, 6) is -1.59. The highest BCUT2D eigenvalue weighted by molar-refractivity contribution is 6.61. The Hall–Kier alpha value is -3.79. The van der Waals surface area contributed by atoms with Crippen LogP contribution in [-0.4, -0.2) is 92.4 Å². The number of methoxy groups -OCH3 is 1. The second-order valence-electron chi connectivity index (χ2n) is 10.5. The number of rotatable bonds is 12. The van der Waals surface area contributed by atoms with E-state index in [1.165, 1.54) is 6.92 Å². The maximum Gasteiger partial charge on any atom is 0.404 e. The Bertz CT molecular complexity index is 1400. The minimum atomic E-state index is -1.59. The zero-order chi connectivity index (χ0) is 32.6. The second kappa shape index (κ2) is 15.7. The summed E-state index contributed by atoms with van der Waals surface area (Å²) in [7, 11) is 1.13. The van der Waals surface area contributed by atoms with E-state index in [0.717, 1.165) is 18.2 Å². The number of fused-ring (bicyclic) bond motifs is 2. The van der Waals surface area contributed by atoms with Crippen LogP contribution in [0.3, 0.4) is 0 Å². The molecule has 46 heavy (non-hydrogen) atoms. The van der Waals surface area contributed by atoms with Crippen LogP contribution in [0.4, 0.5) is 4.79 Å².